The van der Waals surface area contributed by atoms with E-state index in [1.54, 1.807) is 11.9 Å². The highest BCUT2D eigenvalue weighted by atomic mass is 19.1. The summed E-state index contributed by atoms with van der Waals surface area (Å²) in [7, 11) is 5.79. The van der Waals surface area contributed by atoms with Gasteiger partial charge in [-0.15, -0.1) is 0 Å². The smallest absolute Gasteiger partial charge is 0.410 e. The Morgan fingerprint density at radius 2 is 1.80 bits per heavy atom. The largest absolute Gasteiger partial charge is 0.414 e. The van der Waals surface area contributed by atoms with Gasteiger partial charge in [-0.1, -0.05) is 11.8 Å². The Morgan fingerprint density at radius 3 is 2.40 bits per heavy atom. The van der Waals surface area contributed by atoms with Crippen LogP contribution in [0.2, 0.25) is 0 Å². The van der Waals surface area contributed by atoms with Gasteiger partial charge in [0.15, 0.2) is 0 Å². The number of carbonyl (C=O) groups excluding carboxylic acids is 1. The van der Waals surface area contributed by atoms with Gasteiger partial charge in [0.05, 0.1) is 6.54 Å². The van der Waals surface area contributed by atoms with Gasteiger partial charge >= 0.3 is 6.09 Å². The maximum Gasteiger partial charge on any atom is 0.414 e. The second-order valence-corrected chi connectivity index (χ2v) is 6.98. The second-order valence-electron chi connectivity index (χ2n) is 6.98. The Kier molecular flexibility index (Phi) is 7.27. The first-order valence-corrected chi connectivity index (χ1v) is 8.75. The average molecular weight is 346 g/mol. The van der Waals surface area contributed by atoms with Gasteiger partial charge in [0.25, 0.3) is 0 Å². The summed E-state index contributed by atoms with van der Waals surface area (Å²) in [6.45, 7) is 1.48. The molecule has 1 saturated carbocycles. The minimum Gasteiger partial charge on any atom is -0.410 e. The fraction of sp³-hybridized carbons (Fsp3) is 0.550. The molecule has 0 radical (unpaired) electrons. The third-order valence-corrected chi connectivity index (χ3v) is 4.41. The van der Waals surface area contributed by atoms with Crippen LogP contribution in [0.4, 0.5) is 9.18 Å². The lowest BCUT2D eigenvalue weighted by Gasteiger charge is -2.29. The second kappa shape index (κ2) is 9.43. The summed E-state index contributed by atoms with van der Waals surface area (Å²) in [5, 5.41) is 0. The number of rotatable bonds is 4. The Labute approximate surface area is 149 Å². The van der Waals surface area contributed by atoms with Crippen molar-refractivity contribution in [3.63, 3.8) is 0 Å². The fourth-order valence-corrected chi connectivity index (χ4v) is 2.98. The number of hydrogen-bond donors (Lipinski definition) is 0. The number of carbonyl (C=O) groups is 1. The summed E-state index contributed by atoms with van der Waals surface area (Å²) >= 11 is 0. The molecule has 1 aliphatic carbocycles. The molecule has 2 rings (SSSR count). The standard InChI is InChI=1S/C20H27FN2O2/c1-22(2)14-4-5-16-6-8-17(9-7-16)15-23(3)20(24)25-19-12-10-18(21)11-13-19/h10-13,16-17H,6-9,14-15H2,1-3H3/t16-,17-. The summed E-state index contributed by atoms with van der Waals surface area (Å²) in [5.41, 5.74) is 0. The van der Waals surface area contributed by atoms with E-state index in [4.69, 9.17) is 4.74 Å². The van der Waals surface area contributed by atoms with Crippen LogP contribution in [0.3, 0.4) is 0 Å². The zero-order chi connectivity index (χ0) is 18.2. The molecule has 0 atom stereocenters. The number of benzene rings is 1. The highest BCUT2D eigenvalue weighted by molar-refractivity contribution is 5.70. The van der Waals surface area contributed by atoms with E-state index in [0.717, 1.165) is 32.2 Å². The number of ether oxygens (including phenoxy) is 1. The molecule has 25 heavy (non-hydrogen) atoms. The first kappa shape index (κ1) is 19.3. The topological polar surface area (TPSA) is 32.8 Å². The maximum atomic E-state index is 12.9. The first-order valence-electron chi connectivity index (χ1n) is 8.75. The van der Waals surface area contributed by atoms with Crippen molar-refractivity contribution in [3.8, 4) is 17.6 Å². The molecule has 0 spiro atoms. The Bertz CT molecular complexity index is 611. The molecule has 0 heterocycles. The molecule has 1 fully saturated rings. The molecule has 1 aromatic rings. The van der Waals surface area contributed by atoms with Gasteiger partial charge in [-0.2, -0.15) is 0 Å². The van der Waals surface area contributed by atoms with Crippen LogP contribution in [0, 0.1) is 29.5 Å². The molecule has 0 N–H and O–H groups in total. The van der Waals surface area contributed by atoms with E-state index in [0.29, 0.717) is 24.1 Å². The quantitative estimate of drug-likeness (QED) is 0.781. The molecule has 0 unspecified atom stereocenters. The van der Waals surface area contributed by atoms with E-state index < -0.39 is 6.09 Å². The zero-order valence-electron chi connectivity index (χ0n) is 15.3. The average Bonchev–Trinajstić information content (AvgIpc) is 2.58. The van der Waals surface area contributed by atoms with Gasteiger partial charge in [-0.25, -0.2) is 9.18 Å². The molecule has 0 bridgehead atoms. The number of nitrogens with zero attached hydrogens (tertiary/aromatic N) is 2. The van der Waals surface area contributed by atoms with Crippen molar-refractivity contribution >= 4 is 6.09 Å². The summed E-state index contributed by atoms with van der Waals surface area (Å²) in [4.78, 5) is 15.8. The van der Waals surface area contributed by atoms with Gasteiger partial charge in [-0.3, -0.25) is 4.90 Å². The third kappa shape index (κ3) is 6.75. The highest BCUT2D eigenvalue weighted by Crippen LogP contribution is 2.29. The van der Waals surface area contributed by atoms with Gasteiger partial charge in [-0.05, 0) is 70.0 Å². The lowest BCUT2D eigenvalue weighted by Crippen LogP contribution is -2.35. The van der Waals surface area contributed by atoms with E-state index in [-0.39, 0.29) is 5.82 Å². The van der Waals surface area contributed by atoms with Gasteiger partial charge in [0.1, 0.15) is 11.6 Å². The van der Waals surface area contributed by atoms with Crippen LogP contribution in [0.25, 0.3) is 0 Å². The molecule has 5 heteroatoms. The molecular weight excluding hydrogens is 319 g/mol. The minimum absolute atomic E-state index is 0.349. The van der Waals surface area contributed by atoms with Crippen molar-refractivity contribution in [1.29, 1.82) is 0 Å². The summed E-state index contributed by atoms with van der Waals surface area (Å²) < 4.78 is 18.1. The molecular formula is C20H27FN2O2. The van der Waals surface area contributed by atoms with Gasteiger partial charge in [0, 0.05) is 19.5 Å². The summed E-state index contributed by atoms with van der Waals surface area (Å²) in [6, 6.07) is 5.47. The Morgan fingerprint density at radius 1 is 1.16 bits per heavy atom. The predicted octanol–water partition coefficient (Wildman–Crippen LogP) is 3.63. The van der Waals surface area contributed by atoms with Crippen LogP contribution >= 0.6 is 0 Å². The van der Waals surface area contributed by atoms with Crippen molar-refractivity contribution < 1.29 is 13.9 Å². The predicted molar refractivity (Wildman–Crippen MR) is 96.8 cm³/mol. The fourth-order valence-electron chi connectivity index (χ4n) is 2.98. The highest BCUT2D eigenvalue weighted by Gasteiger charge is 2.23. The summed E-state index contributed by atoms with van der Waals surface area (Å²) in [5.74, 6) is 7.56. The van der Waals surface area contributed by atoms with E-state index in [2.05, 4.69) is 16.7 Å². The van der Waals surface area contributed by atoms with Crippen LogP contribution in [0.15, 0.2) is 24.3 Å². The van der Waals surface area contributed by atoms with Crippen LogP contribution in [-0.4, -0.2) is 50.1 Å². The molecule has 136 valence electrons. The Balaban J connectivity index is 1.73. The van der Waals surface area contributed by atoms with Crippen molar-refractivity contribution in [2.75, 3.05) is 34.2 Å². The maximum absolute atomic E-state index is 12.9. The van der Waals surface area contributed by atoms with Crippen molar-refractivity contribution in [3.05, 3.63) is 30.1 Å². The minimum atomic E-state index is -0.403. The van der Waals surface area contributed by atoms with Crippen molar-refractivity contribution in [2.24, 2.45) is 11.8 Å². The van der Waals surface area contributed by atoms with E-state index in [9.17, 15) is 9.18 Å². The molecule has 1 amide bonds. The van der Waals surface area contributed by atoms with Gasteiger partial charge in [0.2, 0.25) is 0 Å². The SMILES string of the molecule is CN(C)CC#C[C@H]1CC[C@H](CN(C)C(=O)Oc2ccc(F)cc2)CC1. The first-order chi connectivity index (χ1) is 11.9. The normalized spacial score (nSPS) is 19.9. The number of amides is 1. The lowest BCUT2D eigenvalue weighted by atomic mass is 9.82. The molecule has 0 aliphatic heterocycles. The van der Waals surface area contributed by atoms with Crippen molar-refractivity contribution in [2.45, 2.75) is 25.7 Å². The molecule has 0 saturated heterocycles. The third-order valence-electron chi connectivity index (χ3n) is 4.41. The molecule has 1 aliphatic rings. The molecule has 1 aromatic carbocycles. The summed E-state index contributed by atoms with van der Waals surface area (Å²) in [6.07, 6.45) is 3.93. The van der Waals surface area contributed by atoms with E-state index in [1.807, 2.05) is 14.1 Å². The monoisotopic (exact) mass is 346 g/mol. The molecule has 4 nitrogen and oxygen atoms in total. The van der Waals surface area contributed by atoms with Crippen LogP contribution < -0.4 is 4.74 Å². The number of halogens is 1. The van der Waals surface area contributed by atoms with Crippen LogP contribution in [0.1, 0.15) is 25.7 Å². The zero-order valence-corrected chi connectivity index (χ0v) is 15.3. The van der Waals surface area contributed by atoms with Crippen molar-refractivity contribution in [1.82, 2.24) is 9.80 Å². The van der Waals surface area contributed by atoms with E-state index >= 15 is 0 Å². The Hall–Kier alpha value is -2.06. The van der Waals surface area contributed by atoms with Crippen LogP contribution in [-0.2, 0) is 0 Å². The van der Waals surface area contributed by atoms with E-state index in [1.165, 1.54) is 24.3 Å². The van der Waals surface area contributed by atoms with Gasteiger partial charge < -0.3 is 9.64 Å². The van der Waals surface area contributed by atoms with Crippen LogP contribution in [0.5, 0.6) is 5.75 Å². The lowest BCUT2D eigenvalue weighted by molar-refractivity contribution is 0.148. The molecule has 0 aromatic heterocycles. The number of hydrogen-bond acceptors (Lipinski definition) is 3.